The molecule has 104 valence electrons. The maximum atomic E-state index is 13.2. The van der Waals surface area contributed by atoms with Gasteiger partial charge in [0.25, 0.3) is 5.91 Å². The Morgan fingerprint density at radius 3 is 2.45 bits per heavy atom. The lowest BCUT2D eigenvalue weighted by Crippen LogP contribution is -2.28. The molecule has 0 aliphatic carbocycles. The average molecular weight is 277 g/mol. The van der Waals surface area contributed by atoms with Crippen molar-refractivity contribution >= 4 is 5.91 Å². The van der Waals surface area contributed by atoms with Gasteiger partial charge in [-0.3, -0.25) is 4.79 Å². The van der Waals surface area contributed by atoms with E-state index in [0.29, 0.717) is 5.56 Å². The number of hydrogen-bond donors (Lipinski definition) is 1. The van der Waals surface area contributed by atoms with Crippen molar-refractivity contribution in [3.63, 3.8) is 0 Å². The van der Waals surface area contributed by atoms with E-state index in [4.69, 9.17) is 4.74 Å². The lowest BCUT2D eigenvalue weighted by atomic mass is 10.2. The summed E-state index contributed by atoms with van der Waals surface area (Å²) in [4.78, 5) is 11.7. The van der Waals surface area contributed by atoms with E-state index in [1.54, 1.807) is 12.1 Å². The largest absolute Gasteiger partial charge is 0.489 e. The Kier molecular flexibility index (Phi) is 4.65. The molecule has 0 fully saturated rings. The number of para-hydroxylation sites is 1. The zero-order valence-electron chi connectivity index (χ0n) is 10.6. The zero-order valence-corrected chi connectivity index (χ0v) is 10.6. The van der Waals surface area contributed by atoms with Crippen LogP contribution in [0.5, 0.6) is 5.75 Å². The van der Waals surface area contributed by atoms with E-state index in [1.807, 2.05) is 0 Å². The Labute approximate surface area is 115 Å². The second-order valence-corrected chi connectivity index (χ2v) is 4.04. The Balaban J connectivity index is 1.77. The summed E-state index contributed by atoms with van der Waals surface area (Å²) in [6.07, 6.45) is 0. The maximum Gasteiger partial charge on any atom is 0.251 e. The van der Waals surface area contributed by atoms with E-state index in [-0.39, 0.29) is 24.8 Å². The third-order valence-corrected chi connectivity index (χ3v) is 2.59. The minimum Gasteiger partial charge on any atom is -0.489 e. The van der Waals surface area contributed by atoms with Crippen molar-refractivity contribution < 1.29 is 18.3 Å². The van der Waals surface area contributed by atoms with E-state index >= 15 is 0 Å². The van der Waals surface area contributed by atoms with Crippen LogP contribution in [0.2, 0.25) is 0 Å². The van der Waals surface area contributed by atoms with Crippen LogP contribution in [-0.2, 0) is 0 Å². The molecule has 0 aromatic heterocycles. The van der Waals surface area contributed by atoms with Gasteiger partial charge in [-0.15, -0.1) is 0 Å². The molecule has 2 aromatic rings. The highest BCUT2D eigenvalue weighted by Gasteiger charge is 2.05. The predicted octanol–water partition coefficient (Wildman–Crippen LogP) is 2.77. The van der Waals surface area contributed by atoms with Gasteiger partial charge in [0, 0.05) is 5.56 Å². The van der Waals surface area contributed by atoms with Crippen molar-refractivity contribution in [3.8, 4) is 5.75 Å². The number of ether oxygens (including phenoxy) is 1. The normalized spacial score (nSPS) is 10.1. The molecular formula is C15H13F2NO2. The van der Waals surface area contributed by atoms with Crippen LogP contribution in [0.4, 0.5) is 8.78 Å². The highest BCUT2D eigenvalue weighted by Crippen LogP contribution is 2.14. The van der Waals surface area contributed by atoms with Gasteiger partial charge in [0.2, 0.25) is 0 Å². The molecule has 2 aromatic carbocycles. The van der Waals surface area contributed by atoms with Crippen LogP contribution in [0.25, 0.3) is 0 Å². The Bertz CT molecular complexity index is 585. The van der Waals surface area contributed by atoms with E-state index < -0.39 is 11.6 Å². The van der Waals surface area contributed by atoms with Gasteiger partial charge in [0.05, 0.1) is 6.54 Å². The standard InChI is InChI=1S/C15H13F2NO2/c16-12-7-5-11(6-8-12)15(19)18-9-10-20-14-4-2-1-3-13(14)17/h1-8H,9-10H2,(H,18,19). The summed E-state index contributed by atoms with van der Waals surface area (Å²) in [6, 6.07) is 11.2. The molecule has 5 heteroatoms. The molecule has 0 heterocycles. The lowest BCUT2D eigenvalue weighted by molar-refractivity contribution is 0.0946. The maximum absolute atomic E-state index is 13.2. The first kappa shape index (κ1) is 14.0. The molecular weight excluding hydrogens is 264 g/mol. The summed E-state index contributed by atoms with van der Waals surface area (Å²) in [5.74, 6) is -1.03. The molecule has 3 nitrogen and oxygen atoms in total. The Morgan fingerprint density at radius 2 is 1.75 bits per heavy atom. The lowest BCUT2D eigenvalue weighted by Gasteiger charge is -2.08. The van der Waals surface area contributed by atoms with Crippen LogP contribution in [-0.4, -0.2) is 19.1 Å². The third-order valence-electron chi connectivity index (χ3n) is 2.59. The smallest absolute Gasteiger partial charge is 0.251 e. The monoisotopic (exact) mass is 277 g/mol. The van der Waals surface area contributed by atoms with Crippen LogP contribution < -0.4 is 10.1 Å². The first-order valence-corrected chi connectivity index (χ1v) is 6.08. The van der Waals surface area contributed by atoms with Crippen molar-refractivity contribution in [3.05, 3.63) is 65.7 Å². The Hall–Kier alpha value is -2.43. The number of halogens is 2. The van der Waals surface area contributed by atoms with Crippen LogP contribution in [0.3, 0.4) is 0 Å². The summed E-state index contributed by atoms with van der Waals surface area (Å²) in [5, 5.41) is 2.60. The van der Waals surface area contributed by atoms with Crippen molar-refractivity contribution in [2.75, 3.05) is 13.2 Å². The summed E-state index contributed by atoms with van der Waals surface area (Å²) >= 11 is 0. The number of amides is 1. The van der Waals surface area contributed by atoms with Gasteiger partial charge in [0.1, 0.15) is 12.4 Å². The molecule has 2 rings (SSSR count). The minimum atomic E-state index is -0.447. The minimum absolute atomic E-state index is 0.142. The van der Waals surface area contributed by atoms with Gasteiger partial charge < -0.3 is 10.1 Å². The van der Waals surface area contributed by atoms with Gasteiger partial charge in [-0.25, -0.2) is 8.78 Å². The van der Waals surface area contributed by atoms with Crippen molar-refractivity contribution in [2.45, 2.75) is 0 Å². The zero-order chi connectivity index (χ0) is 14.4. The van der Waals surface area contributed by atoms with Gasteiger partial charge in [-0.05, 0) is 36.4 Å². The third kappa shape index (κ3) is 3.78. The molecule has 0 bridgehead atoms. The molecule has 0 unspecified atom stereocenters. The number of nitrogens with one attached hydrogen (secondary N) is 1. The van der Waals surface area contributed by atoms with Crippen molar-refractivity contribution in [1.82, 2.24) is 5.32 Å². The highest BCUT2D eigenvalue weighted by atomic mass is 19.1. The molecule has 1 N–H and O–H groups in total. The molecule has 0 aliphatic heterocycles. The summed E-state index contributed by atoms with van der Waals surface area (Å²) in [5.41, 5.74) is 0.359. The predicted molar refractivity (Wildman–Crippen MR) is 70.6 cm³/mol. The second-order valence-electron chi connectivity index (χ2n) is 4.04. The van der Waals surface area contributed by atoms with E-state index in [9.17, 15) is 13.6 Å². The van der Waals surface area contributed by atoms with E-state index in [1.165, 1.54) is 36.4 Å². The fourth-order valence-corrected chi connectivity index (χ4v) is 1.59. The number of carbonyl (C=O) groups excluding carboxylic acids is 1. The van der Waals surface area contributed by atoms with E-state index in [0.717, 1.165) is 0 Å². The first-order chi connectivity index (χ1) is 9.66. The van der Waals surface area contributed by atoms with Crippen molar-refractivity contribution in [2.24, 2.45) is 0 Å². The molecule has 0 saturated heterocycles. The highest BCUT2D eigenvalue weighted by molar-refractivity contribution is 5.94. The molecule has 0 spiro atoms. The number of benzene rings is 2. The first-order valence-electron chi connectivity index (χ1n) is 6.08. The van der Waals surface area contributed by atoms with Gasteiger partial charge in [-0.2, -0.15) is 0 Å². The van der Waals surface area contributed by atoms with Crippen LogP contribution in [0.15, 0.2) is 48.5 Å². The van der Waals surface area contributed by atoms with Gasteiger partial charge >= 0.3 is 0 Å². The number of rotatable bonds is 5. The summed E-state index contributed by atoms with van der Waals surface area (Å²) in [6.45, 7) is 0.373. The quantitative estimate of drug-likeness (QED) is 0.853. The van der Waals surface area contributed by atoms with Crippen LogP contribution >= 0.6 is 0 Å². The molecule has 0 atom stereocenters. The molecule has 0 radical (unpaired) electrons. The number of carbonyl (C=O) groups is 1. The molecule has 0 saturated carbocycles. The van der Waals surface area contributed by atoms with Crippen molar-refractivity contribution in [1.29, 1.82) is 0 Å². The van der Waals surface area contributed by atoms with Crippen LogP contribution in [0.1, 0.15) is 10.4 Å². The topological polar surface area (TPSA) is 38.3 Å². The van der Waals surface area contributed by atoms with Gasteiger partial charge in [0.15, 0.2) is 11.6 Å². The Morgan fingerprint density at radius 1 is 1.05 bits per heavy atom. The van der Waals surface area contributed by atoms with E-state index in [2.05, 4.69) is 5.32 Å². The molecule has 1 amide bonds. The van der Waals surface area contributed by atoms with Gasteiger partial charge in [-0.1, -0.05) is 12.1 Å². The summed E-state index contributed by atoms with van der Waals surface area (Å²) in [7, 11) is 0. The second kappa shape index (κ2) is 6.65. The number of hydrogen-bond acceptors (Lipinski definition) is 2. The molecule has 0 aliphatic rings. The molecule has 20 heavy (non-hydrogen) atoms. The average Bonchev–Trinajstić information content (AvgIpc) is 2.46. The fourth-order valence-electron chi connectivity index (χ4n) is 1.59. The SMILES string of the molecule is O=C(NCCOc1ccccc1F)c1ccc(F)cc1. The fraction of sp³-hybridized carbons (Fsp3) is 0.133. The van der Waals surface area contributed by atoms with Crippen LogP contribution in [0, 0.1) is 11.6 Å². The summed E-state index contributed by atoms with van der Waals surface area (Å²) < 4.78 is 31.1.